The van der Waals surface area contributed by atoms with Gasteiger partial charge in [0.05, 0.1) is 18.4 Å². The molecule has 0 bridgehead atoms. The third-order valence-corrected chi connectivity index (χ3v) is 6.54. The highest BCUT2D eigenvalue weighted by molar-refractivity contribution is 5.99. The maximum atomic E-state index is 14.0. The van der Waals surface area contributed by atoms with Crippen LogP contribution in [0.5, 0.6) is 5.75 Å². The maximum Gasteiger partial charge on any atom is 0.336 e. The number of aryl methyl sites for hydroxylation is 2. The Morgan fingerprint density at radius 2 is 1.83 bits per heavy atom. The molecule has 1 atom stereocenters. The number of halogens is 2. The molecule has 4 aromatic rings. The van der Waals surface area contributed by atoms with Crippen molar-refractivity contribution in [2.75, 3.05) is 7.11 Å². The van der Waals surface area contributed by atoms with Gasteiger partial charge in [-0.25, -0.2) is 18.6 Å². The summed E-state index contributed by atoms with van der Waals surface area (Å²) in [5.74, 6) is -2.25. The van der Waals surface area contributed by atoms with E-state index in [1.54, 1.807) is 25.3 Å². The number of amides is 1. The molecule has 184 valence electrons. The first-order valence-corrected chi connectivity index (χ1v) is 11.4. The second-order valence-corrected chi connectivity index (χ2v) is 8.61. The van der Waals surface area contributed by atoms with Gasteiger partial charge in [-0.05, 0) is 55.2 Å². The quantitative estimate of drug-likeness (QED) is 0.408. The van der Waals surface area contributed by atoms with Gasteiger partial charge in [0, 0.05) is 6.20 Å². The number of ether oxygens (including phenoxy) is 2. The van der Waals surface area contributed by atoms with E-state index in [1.165, 1.54) is 17.6 Å². The van der Waals surface area contributed by atoms with Crippen molar-refractivity contribution in [1.29, 1.82) is 0 Å². The van der Waals surface area contributed by atoms with Crippen molar-refractivity contribution in [3.8, 4) is 5.75 Å². The summed E-state index contributed by atoms with van der Waals surface area (Å²) < 4.78 is 40.4. The van der Waals surface area contributed by atoms with Crippen LogP contribution >= 0.6 is 0 Å². The second-order valence-electron chi connectivity index (χ2n) is 8.61. The minimum absolute atomic E-state index is 0.208. The lowest BCUT2D eigenvalue weighted by molar-refractivity contribution is -0.148. The number of nitrogens with one attached hydrogen (secondary N) is 1. The van der Waals surface area contributed by atoms with Crippen molar-refractivity contribution < 1.29 is 27.8 Å². The maximum absolute atomic E-state index is 14.0. The van der Waals surface area contributed by atoms with Gasteiger partial charge in [-0.2, -0.15) is 0 Å². The molecule has 2 heterocycles. The molecule has 9 heteroatoms. The number of aromatic nitrogens is 2. The molecule has 1 unspecified atom stereocenters. The predicted molar refractivity (Wildman–Crippen MR) is 127 cm³/mol. The summed E-state index contributed by atoms with van der Waals surface area (Å²) in [6, 6.07) is 14.3. The van der Waals surface area contributed by atoms with Crippen LogP contribution in [-0.2, 0) is 28.1 Å². The Bertz CT molecular complexity index is 1480. The van der Waals surface area contributed by atoms with Crippen LogP contribution in [0, 0.1) is 18.6 Å². The molecule has 0 radical (unpaired) electrons. The van der Waals surface area contributed by atoms with Crippen molar-refractivity contribution in [2.45, 2.75) is 31.9 Å². The number of hydrogen-bond donors (Lipinski definition) is 1. The third-order valence-electron chi connectivity index (χ3n) is 6.54. The number of methoxy groups -OCH3 is 1. The number of fused-ring (bicyclic) bond motifs is 2. The second kappa shape index (κ2) is 9.07. The fraction of sp³-hybridized carbons (Fsp3) is 0.222. The summed E-state index contributed by atoms with van der Waals surface area (Å²) in [6.45, 7) is 1.31. The molecule has 0 saturated heterocycles. The number of imidazole rings is 1. The van der Waals surface area contributed by atoms with Crippen LogP contribution in [0.4, 0.5) is 8.78 Å². The molecular formula is C27H23F2N3O4. The zero-order chi connectivity index (χ0) is 25.4. The van der Waals surface area contributed by atoms with Crippen molar-refractivity contribution in [1.82, 2.24) is 14.7 Å². The Hall–Kier alpha value is -4.27. The molecule has 7 nitrogen and oxygen atoms in total. The predicted octanol–water partition coefficient (Wildman–Crippen LogP) is 4.24. The van der Waals surface area contributed by atoms with E-state index < -0.39 is 29.0 Å². The van der Waals surface area contributed by atoms with Gasteiger partial charge in [0.25, 0.3) is 5.91 Å². The minimum atomic E-state index is -1.32. The van der Waals surface area contributed by atoms with Gasteiger partial charge in [0.1, 0.15) is 23.9 Å². The summed E-state index contributed by atoms with van der Waals surface area (Å²) in [7, 11) is 1.29. The third kappa shape index (κ3) is 3.77. The number of carbonyl (C=O) groups is 2. The summed E-state index contributed by atoms with van der Waals surface area (Å²) >= 11 is 0. The first-order chi connectivity index (χ1) is 17.4. The molecule has 1 amide bonds. The van der Waals surface area contributed by atoms with Gasteiger partial charge in [-0.15, -0.1) is 0 Å². The smallest absolute Gasteiger partial charge is 0.336 e. The van der Waals surface area contributed by atoms with Gasteiger partial charge < -0.3 is 14.8 Å². The molecule has 1 aliphatic rings. The molecule has 5 rings (SSSR count). The molecule has 2 aromatic heterocycles. The van der Waals surface area contributed by atoms with Crippen LogP contribution < -0.4 is 10.1 Å². The molecular weight excluding hydrogens is 468 g/mol. The van der Waals surface area contributed by atoms with E-state index in [9.17, 15) is 18.4 Å². The molecule has 0 spiro atoms. The van der Waals surface area contributed by atoms with Gasteiger partial charge >= 0.3 is 5.97 Å². The van der Waals surface area contributed by atoms with E-state index >= 15 is 0 Å². The van der Waals surface area contributed by atoms with Gasteiger partial charge in [0.15, 0.2) is 16.9 Å². The number of nitrogens with zero attached hydrogens (tertiary/aromatic N) is 2. The summed E-state index contributed by atoms with van der Waals surface area (Å²) in [5, 5.41) is 2.91. The van der Waals surface area contributed by atoms with Gasteiger partial charge in [-0.3, -0.25) is 9.20 Å². The Kier molecular flexibility index (Phi) is 5.91. The van der Waals surface area contributed by atoms with E-state index in [4.69, 9.17) is 9.47 Å². The van der Waals surface area contributed by atoms with Crippen LogP contribution in [-0.4, -0.2) is 28.4 Å². The number of benzene rings is 2. The number of pyridine rings is 1. The fourth-order valence-corrected chi connectivity index (χ4v) is 4.79. The zero-order valence-corrected chi connectivity index (χ0v) is 19.7. The lowest BCUT2D eigenvalue weighted by atomic mass is 9.91. The highest BCUT2D eigenvalue weighted by atomic mass is 19.1. The molecule has 1 aliphatic carbocycles. The first kappa shape index (κ1) is 23.5. The van der Waals surface area contributed by atoms with Crippen LogP contribution in [0.2, 0.25) is 0 Å². The Balaban J connectivity index is 1.49. The van der Waals surface area contributed by atoms with Crippen molar-refractivity contribution in [2.24, 2.45) is 0 Å². The van der Waals surface area contributed by atoms with Gasteiger partial charge in [-0.1, -0.05) is 30.3 Å². The fourth-order valence-electron chi connectivity index (χ4n) is 4.79. The van der Waals surface area contributed by atoms with Crippen molar-refractivity contribution in [3.63, 3.8) is 0 Å². The van der Waals surface area contributed by atoms with E-state index in [1.807, 2.05) is 24.3 Å². The number of hydrogen-bond acceptors (Lipinski definition) is 5. The van der Waals surface area contributed by atoms with Crippen LogP contribution in [0.1, 0.15) is 39.3 Å². The molecule has 0 fully saturated rings. The normalized spacial score (nSPS) is 16.6. The Morgan fingerprint density at radius 3 is 2.58 bits per heavy atom. The van der Waals surface area contributed by atoms with E-state index in [0.29, 0.717) is 29.7 Å². The van der Waals surface area contributed by atoms with E-state index in [0.717, 1.165) is 17.7 Å². The molecule has 0 saturated carbocycles. The van der Waals surface area contributed by atoms with E-state index in [2.05, 4.69) is 10.3 Å². The molecule has 36 heavy (non-hydrogen) atoms. The number of rotatable bonds is 6. The lowest BCUT2D eigenvalue weighted by Gasteiger charge is -2.28. The largest absolute Gasteiger partial charge is 0.485 e. The standard InChI is InChI=1S/C27H23F2N3O4/c1-16-23(25(33)31-27(26(34)35-2)13-12-17-7-3-4-8-19(17)27)32-14-6-11-22(24(32)30-16)36-15-18-20(28)9-5-10-21(18)29/h3-11,14H,12-13,15H2,1-2H3,(H,31,33). The Labute approximate surface area is 205 Å². The molecule has 0 aliphatic heterocycles. The van der Waals surface area contributed by atoms with Crippen LogP contribution in [0.15, 0.2) is 60.8 Å². The summed E-state index contributed by atoms with van der Waals surface area (Å²) in [5.41, 5.74) is 1.04. The van der Waals surface area contributed by atoms with Gasteiger partial charge in [0.2, 0.25) is 0 Å². The monoisotopic (exact) mass is 491 g/mol. The average molecular weight is 491 g/mol. The van der Waals surface area contributed by atoms with E-state index in [-0.39, 0.29) is 23.6 Å². The molecule has 2 aromatic carbocycles. The number of esters is 1. The topological polar surface area (TPSA) is 81.9 Å². The molecule has 1 N–H and O–H groups in total. The Morgan fingerprint density at radius 1 is 1.08 bits per heavy atom. The zero-order valence-electron chi connectivity index (χ0n) is 19.7. The van der Waals surface area contributed by atoms with Crippen molar-refractivity contribution in [3.05, 3.63) is 101 Å². The summed E-state index contributed by atoms with van der Waals surface area (Å²) in [4.78, 5) is 31.0. The minimum Gasteiger partial charge on any atom is -0.485 e. The van der Waals surface area contributed by atoms with Crippen LogP contribution in [0.25, 0.3) is 5.65 Å². The first-order valence-electron chi connectivity index (χ1n) is 11.4. The highest BCUT2D eigenvalue weighted by Gasteiger charge is 2.48. The number of carbonyl (C=O) groups excluding carboxylic acids is 2. The average Bonchev–Trinajstić information content (AvgIpc) is 3.41. The lowest BCUT2D eigenvalue weighted by Crippen LogP contribution is -2.51. The van der Waals surface area contributed by atoms with Crippen LogP contribution in [0.3, 0.4) is 0 Å². The SMILES string of the molecule is COC(=O)C1(NC(=O)c2c(C)nc3c(OCc4c(F)cccc4F)cccn23)CCc2ccccc21. The van der Waals surface area contributed by atoms with Crippen molar-refractivity contribution >= 4 is 17.5 Å². The summed E-state index contributed by atoms with van der Waals surface area (Å²) in [6.07, 6.45) is 2.61. The highest BCUT2D eigenvalue weighted by Crippen LogP contribution is 2.38.